The zero-order valence-electron chi connectivity index (χ0n) is 34.4. The molecule has 0 bridgehead atoms. The third-order valence-electron chi connectivity index (χ3n) is 14.5. The van der Waals surface area contributed by atoms with Crippen LogP contribution in [0.5, 0.6) is 5.75 Å². The van der Waals surface area contributed by atoms with Crippen molar-refractivity contribution in [1.82, 2.24) is 0 Å². The summed E-state index contributed by atoms with van der Waals surface area (Å²) in [4.78, 5) is 2.61. The summed E-state index contributed by atoms with van der Waals surface area (Å²) in [7, 11) is 0. The van der Waals surface area contributed by atoms with E-state index in [0.29, 0.717) is 6.61 Å². The van der Waals surface area contributed by atoms with E-state index in [0.717, 1.165) is 29.1 Å². The average Bonchev–Trinajstić information content (AvgIpc) is 3.92. The Balaban J connectivity index is 1.20. The standard InChI is InChI=1S/C58H43NO/c1-57(2)47-23-7-5-17-38(47)40-27-26-37(31-49(40)57)59(51-28-25-35-15-10-20-42-41-19-9-13-34-14-11-22-44(53(34)41)55(51)54(35)42)52-33-50-45(39-18-6-8-24-48(39)58(50,3)4)32-46(52)43-21-12-16-36-29-30-60-56(36)43/h5-28,31-33H,29-30H2,1-4H3. The highest BCUT2D eigenvalue weighted by Gasteiger charge is 2.39. The van der Waals surface area contributed by atoms with Gasteiger partial charge >= 0.3 is 0 Å². The van der Waals surface area contributed by atoms with Crippen LogP contribution in [0.1, 0.15) is 55.5 Å². The fraction of sp³-hybridized carbons (Fsp3) is 0.138. The first-order valence-electron chi connectivity index (χ1n) is 21.5. The summed E-state index contributed by atoms with van der Waals surface area (Å²) < 4.78 is 6.57. The minimum Gasteiger partial charge on any atom is -0.492 e. The highest BCUT2D eigenvalue weighted by atomic mass is 16.5. The van der Waals surface area contributed by atoms with Gasteiger partial charge in [-0.15, -0.1) is 0 Å². The van der Waals surface area contributed by atoms with Gasteiger partial charge in [0.1, 0.15) is 5.75 Å². The smallest absolute Gasteiger partial charge is 0.130 e. The Kier molecular flexibility index (Phi) is 6.72. The molecule has 0 radical (unpaired) electrons. The van der Waals surface area contributed by atoms with Crippen molar-refractivity contribution in [2.45, 2.75) is 44.9 Å². The van der Waals surface area contributed by atoms with E-state index in [2.05, 4.69) is 196 Å². The Morgan fingerprint density at radius 2 is 1.02 bits per heavy atom. The normalized spacial score (nSPS) is 15.3. The van der Waals surface area contributed by atoms with Crippen LogP contribution in [0.25, 0.3) is 76.5 Å². The number of hydrogen-bond donors (Lipinski definition) is 0. The van der Waals surface area contributed by atoms with Crippen LogP contribution in [-0.2, 0) is 17.3 Å². The number of anilines is 3. The summed E-state index contributed by atoms with van der Waals surface area (Å²) in [5.41, 5.74) is 17.4. The Hall–Kier alpha value is -6.90. The van der Waals surface area contributed by atoms with Crippen molar-refractivity contribution in [2.75, 3.05) is 11.5 Å². The van der Waals surface area contributed by atoms with Gasteiger partial charge in [0.05, 0.1) is 18.0 Å². The number of fused-ring (bicyclic) bond motifs is 9. The fourth-order valence-electron chi connectivity index (χ4n) is 11.6. The lowest BCUT2D eigenvalue weighted by Gasteiger charge is -2.33. The predicted molar refractivity (Wildman–Crippen MR) is 252 cm³/mol. The molecule has 0 atom stereocenters. The molecule has 0 fully saturated rings. The minimum absolute atomic E-state index is 0.165. The first kappa shape index (κ1) is 34.0. The van der Waals surface area contributed by atoms with Crippen molar-refractivity contribution in [3.63, 3.8) is 0 Å². The molecule has 60 heavy (non-hydrogen) atoms. The lowest BCUT2D eigenvalue weighted by Crippen LogP contribution is -2.18. The van der Waals surface area contributed by atoms with Gasteiger partial charge in [0, 0.05) is 39.5 Å². The van der Waals surface area contributed by atoms with E-state index in [-0.39, 0.29) is 10.8 Å². The summed E-state index contributed by atoms with van der Waals surface area (Å²) in [6, 6.07) is 62.2. The van der Waals surface area contributed by atoms with Crippen LogP contribution in [0, 0.1) is 0 Å². The van der Waals surface area contributed by atoms with Crippen molar-refractivity contribution in [3.05, 3.63) is 192 Å². The van der Waals surface area contributed by atoms with Crippen molar-refractivity contribution >= 4 is 60.2 Å². The second-order valence-electron chi connectivity index (χ2n) is 18.3. The average molecular weight is 770 g/mol. The number of nitrogens with zero attached hydrogens (tertiary/aromatic N) is 1. The lowest BCUT2D eigenvalue weighted by atomic mass is 9.81. The highest BCUT2D eigenvalue weighted by Crippen LogP contribution is 2.57. The zero-order chi connectivity index (χ0) is 40.1. The van der Waals surface area contributed by atoms with E-state index in [1.807, 2.05) is 0 Å². The number of rotatable bonds is 4. The van der Waals surface area contributed by atoms with E-state index >= 15 is 0 Å². The molecule has 0 amide bonds. The van der Waals surface area contributed by atoms with Crippen LogP contribution in [-0.4, -0.2) is 6.61 Å². The van der Waals surface area contributed by atoms with E-state index in [4.69, 9.17) is 4.74 Å². The molecule has 10 aromatic rings. The largest absolute Gasteiger partial charge is 0.492 e. The molecule has 2 nitrogen and oxygen atoms in total. The van der Waals surface area contributed by atoms with Gasteiger partial charge in [-0.3, -0.25) is 0 Å². The summed E-state index contributed by atoms with van der Waals surface area (Å²) in [5, 5.41) is 10.3. The van der Waals surface area contributed by atoms with Gasteiger partial charge in [0.15, 0.2) is 0 Å². The molecular weight excluding hydrogens is 727 g/mol. The minimum atomic E-state index is -0.197. The van der Waals surface area contributed by atoms with Crippen LogP contribution in [0.3, 0.4) is 0 Å². The van der Waals surface area contributed by atoms with Crippen molar-refractivity contribution in [2.24, 2.45) is 0 Å². The molecule has 0 unspecified atom stereocenters. The maximum Gasteiger partial charge on any atom is 0.130 e. The molecule has 0 saturated heterocycles. The van der Waals surface area contributed by atoms with Crippen LogP contribution < -0.4 is 9.64 Å². The molecular formula is C58H43NO. The van der Waals surface area contributed by atoms with E-state index in [9.17, 15) is 0 Å². The van der Waals surface area contributed by atoms with Crippen molar-refractivity contribution in [3.8, 4) is 39.1 Å². The highest BCUT2D eigenvalue weighted by molar-refractivity contribution is 6.35. The third kappa shape index (κ3) is 4.38. The zero-order valence-corrected chi connectivity index (χ0v) is 34.4. The Morgan fingerprint density at radius 3 is 1.77 bits per heavy atom. The molecule has 1 aliphatic heterocycles. The number of hydrogen-bond acceptors (Lipinski definition) is 2. The first-order chi connectivity index (χ1) is 29.3. The van der Waals surface area contributed by atoms with Crippen molar-refractivity contribution in [1.29, 1.82) is 0 Å². The number of ether oxygens (including phenoxy) is 1. The summed E-state index contributed by atoms with van der Waals surface area (Å²) in [6.45, 7) is 10.3. The fourth-order valence-corrected chi connectivity index (χ4v) is 11.6. The molecule has 0 saturated carbocycles. The van der Waals surface area contributed by atoms with Gasteiger partial charge in [-0.2, -0.15) is 0 Å². The van der Waals surface area contributed by atoms with Gasteiger partial charge < -0.3 is 9.64 Å². The van der Waals surface area contributed by atoms with Crippen LogP contribution in [0.15, 0.2) is 164 Å². The molecule has 10 aromatic carbocycles. The van der Waals surface area contributed by atoms with E-state index in [1.54, 1.807) is 0 Å². The SMILES string of the molecule is CC1(C)c2ccccc2-c2ccc(N(c3cc4c(cc3-c3cccc5c3OCC5)-c3ccccc3C4(C)C)c3ccc4cccc5c6cccc7cccc(c3c45)c76)cc21. The first-order valence-corrected chi connectivity index (χ1v) is 21.5. The lowest BCUT2D eigenvalue weighted by molar-refractivity contribution is 0.358. The quantitative estimate of drug-likeness (QED) is 0.131. The van der Waals surface area contributed by atoms with Gasteiger partial charge in [0.2, 0.25) is 0 Å². The second-order valence-corrected chi connectivity index (χ2v) is 18.3. The molecule has 0 N–H and O–H groups in total. The number of benzene rings is 10. The van der Waals surface area contributed by atoms with Crippen LogP contribution in [0.4, 0.5) is 17.1 Å². The van der Waals surface area contributed by atoms with Crippen LogP contribution >= 0.6 is 0 Å². The monoisotopic (exact) mass is 769 g/mol. The molecule has 286 valence electrons. The van der Waals surface area contributed by atoms with Gasteiger partial charge in [-0.25, -0.2) is 0 Å². The molecule has 13 rings (SSSR count). The molecule has 0 spiro atoms. The van der Waals surface area contributed by atoms with Gasteiger partial charge in [-0.1, -0.05) is 161 Å². The molecule has 2 heteroatoms. The van der Waals surface area contributed by atoms with Gasteiger partial charge in [-0.05, 0) is 118 Å². The topological polar surface area (TPSA) is 12.5 Å². The van der Waals surface area contributed by atoms with Gasteiger partial charge in [0.25, 0.3) is 0 Å². The van der Waals surface area contributed by atoms with E-state index < -0.39 is 0 Å². The summed E-state index contributed by atoms with van der Waals surface area (Å²) in [5.74, 6) is 1.01. The Morgan fingerprint density at radius 1 is 0.417 bits per heavy atom. The summed E-state index contributed by atoms with van der Waals surface area (Å²) in [6.07, 6.45) is 0.921. The summed E-state index contributed by atoms with van der Waals surface area (Å²) >= 11 is 0. The molecule has 1 heterocycles. The molecule has 2 aliphatic carbocycles. The Labute approximate surface area is 350 Å². The van der Waals surface area contributed by atoms with Crippen molar-refractivity contribution < 1.29 is 4.74 Å². The van der Waals surface area contributed by atoms with Crippen LogP contribution in [0.2, 0.25) is 0 Å². The second kappa shape index (κ2) is 11.9. The predicted octanol–water partition coefficient (Wildman–Crippen LogP) is 15.4. The number of para-hydroxylation sites is 1. The Bertz CT molecular complexity index is 3470. The molecule has 0 aromatic heterocycles. The van der Waals surface area contributed by atoms with E-state index in [1.165, 1.54) is 104 Å². The maximum absolute atomic E-state index is 6.57. The maximum atomic E-state index is 6.57. The third-order valence-corrected chi connectivity index (χ3v) is 14.5. The molecule has 3 aliphatic rings.